The van der Waals surface area contributed by atoms with E-state index in [1.165, 1.54) is 21.9 Å². The Morgan fingerprint density at radius 3 is 1.64 bits per heavy atom. The zero-order chi connectivity index (χ0) is 35.5. The van der Waals surface area contributed by atoms with Gasteiger partial charge in [0.2, 0.25) is 0 Å². The van der Waals surface area contributed by atoms with Crippen LogP contribution in [-0.4, -0.2) is 0 Å². The van der Waals surface area contributed by atoms with Crippen LogP contribution in [0.2, 0.25) is 0 Å². The van der Waals surface area contributed by atoms with Crippen LogP contribution in [0.1, 0.15) is 25.0 Å². The number of fused-ring (bicyclic) bond motifs is 5. The van der Waals surface area contributed by atoms with Crippen molar-refractivity contribution in [3.63, 3.8) is 0 Å². The molecule has 53 heavy (non-hydrogen) atoms. The lowest BCUT2D eigenvalue weighted by molar-refractivity contribution is 0.361. The van der Waals surface area contributed by atoms with Crippen LogP contribution >= 0.6 is 0 Å². The van der Waals surface area contributed by atoms with E-state index in [-0.39, 0.29) is 5.41 Å². The molecule has 0 fully saturated rings. The van der Waals surface area contributed by atoms with E-state index in [1.807, 2.05) is 42.5 Å². The number of nitrogens with zero attached hydrogens (tertiary/aromatic N) is 1. The summed E-state index contributed by atoms with van der Waals surface area (Å²) in [5.74, 6) is 4.70. The maximum absolute atomic E-state index is 6.64. The lowest BCUT2D eigenvalue weighted by Gasteiger charge is -2.35. The van der Waals surface area contributed by atoms with Gasteiger partial charge in [-0.3, -0.25) is 0 Å². The number of hydrogen-bond acceptors (Lipinski definition) is 4. The van der Waals surface area contributed by atoms with Crippen LogP contribution in [0.4, 0.5) is 17.1 Å². The van der Waals surface area contributed by atoms with E-state index in [9.17, 15) is 0 Å². The van der Waals surface area contributed by atoms with Crippen LogP contribution in [0.3, 0.4) is 0 Å². The molecule has 0 radical (unpaired) electrons. The van der Waals surface area contributed by atoms with Crippen molar-refractivity contribution >= 4 is 27.8 Å². The van der Waals surface area contributed by atoms with Crippen molar-refractivity contribution in [2.24, 2.45) is 0 Å². The molecule has 0 bridgehead atoms. The number of rotatable bonds is 5. The van der Waals surface area contributed by atoms with Crippen LogP contribution in [0, 0.1) is 0 Å². The molecule has 2 heterocycles. The molecule has 0 spiro atoms. The van der Waals surface area contributed by atoms with Gasteiger partial charge in [-0.15, -0.1) is 0 Å². The molecule has 0 N–H and O–H groups in total. The minimum Gasteiger partial charge on any atom is -0.456 e. The van der Waals surface area contributed by atoms with E-state index in [1.54, 1.807) is 0 Å². The maximum Gasteiger partial charge on any atom is 0.177 e. The predicted molar refractivity (Wildman–Crippen MR) is 215 cm³/mol. The zero-order valence-electron chi connectivity index (χ0n) is 29.4. The fourth-order valence-electron chi connectivity index (χ4n) is 7.88. The topological polar surface area (TPSA) is 30.9 Å². The molecule has 0 saturated carbocycles. The van der Waals surface area contributed by atoms with Gasteiger partial charge in [-0.1, -0.05) is 135 Å². The standard InChI is InChI=1S/C49H35NO3/c1-49(2)40-17-5-6-20-43(40)52-47-38(15-10-18-41(47)49)33-24-28-35(29-25-33)50(42-19-9-13-32-12-3-4-14-37(32)42)36-30-26-34(27-31-36)39-16-11-23-46-48(39)53-45-22-8-7-21-44(45)51-46/h3-31H,1-2H3. The van der Waals surface area contributed by atoms with E-state index >= 15 is 0 Å². The van der Waals surface area contributed by atoms with Gasteiger partial charge in [0.1, 0.15) is 11.5 Å². The molecule has 0 aliphatic carbocycles. The Kier molecular flexibility index (Phi) is 7.12. The number of para-hydroxylation sites is 5. The third kappa shape index (κ3) is 5.14. The van der Waals surface area contributed by atoms with Gasteiger partial charge < -0.3 is 19.1 Å². The van der Waals surface area contributed by atoms with Crippen molar-refractivity contribution in [1.29, 1.82) is 0 Å². The normalized spacial score (nSPS) is 13.3. The van der Waals surface area contributed by atoms with Gasteiger partial charge in [-0.05, 0) is 71.1 Å². The first-order valence-electron chi connectivity index (χ1n) is 18.0. The lowest BCUT2D eigenvalue weighted by Crippen LogP contribution is -2.24. The molecule has 0 atom stereocenters. The molecule has 0 unspecified atom stereocenters. The van der Waals surface area contributed by atoms with Gasteiger partial charge in [0.25, 0.3) is 0 Å². The summed E-state index contributed by atoms with van der Waals surface area (Å²) >= 11 is 0. The first kappa shape index (κ1) is 31.0. The minimum absolute atomic E-state index is 0.180. The van der Waals surface area contributed by atoms with Crippen molar-refractivity contribution < 1.29 is 14.2 Å². The first-order chi connectivity index (χ1) is 26.0. The molecule has 8 aromatic rings. The molecule has 0 aromatic heterocycles. The number of benzene rings is 8. The zero-order valence-corrected chi connectivity index (χ0v) is 29.4. The van der Waals surface area contributed by atoms with Crippen LogP contribution in [0.25, 0.3) is 33.0 Å². The quantitative estimate of drug-likeness (QED) is 0.180. The molecule has 10 rings (SSSR count). The average Bonchev–Trinajstić information content (AvgIpc) is 3.20. The SMILES string of the molecule is CC1(C)c2ccccc2Oc2c(-c3ccc(N(c4ccc(-c5cccc6c5Oc5ccccc5O6)cc4)c4cccc5ccccc45)cc3)cccc21. The minimum atomic E-state index is -0.180. The first-order valence-corrected chi connectivity index (χ1v) is 18.0. The van der Waals surface area contributed by atoms with Gasteiger partial charge in [0.05, 0.1) is 5.69 Å². The highest BCUT2D eigenvalue weighted by atomic mass is 16.6. The van der Waals surface area contributed by atoms with Crippen molar-refractivity contribution in [2.75, 3.05) is 4.90 Å². The summed E-state index contributed by atoms with van der Waals surface area (Å²) in [7, 11) is 0. The molecule has 8 aromatic carbocycles. The summed E-state index contributed by atoms with van der Waals surface area (Å²) in [6, 6.07) is 61.3. The monoisotopic (exact) mass is 685 g/mol. The van der Waals surface area contributed by atoms with E-state index < -0.39 is 0 Å². The third-order valence-electron chi connectivity index (χ3n) is 10.6. The second kappa shape index (κ2) is 12.2. The van der Waals surface area contributed by atoms with Crippen molar-refractivity contribution in [2.45, 2.75) is 19.3 Å². The summed E-state index contributed by atoms with van der Waals surface area (Å²) in [6.45, 7) is 4.56. The Labute approximate surface area is 309 Å². The molecule has 0 saturated heterocycles. The number of anilines is 3. The highest BCUT2D eigenvalue weighted by molar-refractivity contribution is 5.99. The van der Waals surface area contributed by atoms with Crippen LogP contribution in [-0.2, 0) is 5.41 Å². The summed E-state index contributed by atoms with van der Waals surface area (Å²) in [6.07, 6.45) is 0. The van der Waals surface area contributed by atoms with E-state index in [2.05, 4.69) is 152 Å². The third-order valence-corrected chi connectivity index (χ3v) is 10.6. The Morgan fingerprint density at radius 2 is 0.906 bits per heavy atom. The molecular formula is C49H35NO3. The summed E-state index contributed by atoms with van der Waals surface area (Å²) in [5.41, 5.74) is 9.62. The molecule has 0 amide bonds. The van der Waals surface area contributed by atoms with E-state index in [0.717, 1.165) is 62.3 Å². The number of ether oxygens (including phenoxy) is 3. The Bertz CT molecular complexity index is 2670. The highest BCUT2D eigenvalue weighted by Gasteiger charge is 2.35. The summed E-state index contributed by atoms with van der Waals surface area (Å²) in [4.78, 5) is 2.34. The molecule has 2 aliphatic heterocycles. The second-order valence-corrected chi connectivity index (χ2v) is 14.1. The van der Waals surface area contributed by atoms with Crippen LogP contribution < -0.4 is 19.1 Å². The van der Waals surface area contributed by atoms with Crippen molar-refractivity contribution in [3.05, 3.63) is 187 Å². The van der Waals surface area contributed by atoms with Crippen molar-refractivity contribution in [3.8, 4) is 56.8 Å². The fourth-order valence-corrected chi connectivity index (χ4v) is 7.88. The molecule has 4 nitrogen and oxygen atoms in total. The van der Waals surface area contributed by atoms with E-state index in [4.69, 9.17) is 14.2 Å². The van der Waals surface area contributed by atoms with Gasteiger partial charge in [-0.2, -0.15) is 0 Å². The summed E-state index contributed by atoms with van der Waals surface area (Å²) < 4.78 is 19.2. The lowest BCUT2D eigenvalue weighted by atomic mass is 9.75. The van der Waals surface area contributed by atoms with Gasteiger partial charge >= 0.3 is 0 Å². The van der Waals surface area contributed by atoms with Crippen LogP contribution in [0.5, 0.6) is 34.5 Å². The summed E-state index contributed by atoms with van der Waals surface area (Å²) in [5, 5.41) is 2.36. The Morgan fingerprint density at radius 1 is 0.396 bits per heavy atom. The van der Waals surface area contributed by atoms with Gasteiger partial charge in [0, 0.05) is 44.4 Å². The van der Waals surface area contributed by atoms with Crippen LogP contribution in [0.15, 0.2) is 176 Å². The molecule has 254 valence electrons. The van der Waals surface area contributed by atoms with E-state index in [0.29, 0.717) is 11.5 Å². The Hall–Kier alpha value is -6.78. The molecule has 4 heteroatoms. The van der Waals surface area contributed by atoms with Gasteiger partial charge in [0.15, 0.2) is 23.0 Å². The molecular weight excluding hydrogens is 651 g/mol. The largest absolute Gasteiger partial charge is 0.456 e. The second-order valence-electron chi connectivity index (χ2n) is 14.1. The average molecular weight is 686 g/mol. The van der Waals surface area contributed by atoms with Crippen molar-refractivity contribution in [1.82, 2.24) is 0 Å². The Balaban J connectivity index is 1.05. The van der Waals surface area contributed by atoms with Gasteiger partial charge in [-0.25, -0.2) is 0 Å². The highest BCUT2D eigenvalue weighted by Crippen LogP contribution is 2.52. The smallest absolute Gasteiger partial charge is 0.177 e. The predicted octanol–water partition coefficient (Wildman–Crippen LogP) is 14.0. The fraction of sp³-hybridized carbons (Fsp3) is 0.0612. The maximum atomic E-state index is 6.64. The number of hydrogen-bond donors (Lipinski definition) is 0. The molecule has 2 aliphatic rings.